The Balaban J connectivity index is 1.20. The van der Waals surface area contributed by atoms with Crippen LogP contribution in [0.3, 0.4) is 0 Å². The molecule has 0 saturated carbocycles. The van der Waals surface area contributed by atoms with Crippen molar-refractivity contribution in [2.45, 2.75) is 26.2 Å². The van der Waals surface area contributed by atoms with Crippen molar-refractivity contribution < 1.29 is 14.3 Å². The van der Waals surface area contributed by atoms with Crippen molar-refractivity contribution in [1.82, 2.24) is 9.97 Å². The molecule has 0 saturated heterocycles. The third-order valence-corrected chi connectivity index (χ3v) is 7.93. The van der Waals surface area contributed by atoms with Gasteiger partial charge in [0.15, 0.2) is 5.13 Å². The number of ether oxygens (including phenoxy) is 1. The third-order valence-electron chi connectivity index (χ3n) is 5.97. The summed E-state index contributed by atoms with van der Waals surface area (Å²) in [7, 11) is 0. The number of amides is 2. The van der Waals surface area contributed by atoms with Gasteiger partial charge in [0.05, 0.1) is 18.0 Å². The summed E-state index contributed by atoms with van der Waals surface area (Å²) in [6.07, 6.45) is 2.13. The van der Waals surface area contributed by atoms with Crippen molar-refractivity contribution in [3.05, 3.63) is 63.5 Å². The molecule has 2 amide bonds. The van der Waals surface area contributed by atoms with E-state index in [-0.39, 0.29) is 11.8 Å². The van der Waals surface area contributed by atoms with Crippen LogP contribution >= 0.6 is 22.7 Å². The third kappa shape index (κ3) is 3.86. The molecule has 6 rings (SSSR count). The molecule has 170 valence electrons. The highest BCUT2D eigenvalue weighted by atomic mass is 32.1. The second kappa shape index (κ2) is 8.34. The van der Waals surface area contributed by atoms with Crippen LogP contribution in [0.25, 0.3) is 21.8 Å². The molecular weight excluding hydrogens is 468 g/mol. The van der Waals surface area contributed by atoms with Crippen molar-refractivity contribution in [1.29, 1.82) is 0 Å². The van der Waals surface area contributed by atoms with Crippen LogP contribution in [0.5, 0.6) is 5.75 Å². The zero-order valence-electron chi connectivity index (χ0n) is 18.3. The lowest BCUT2D eigenvalue weighted by molar-refractivity contribution is -0.116. The molecule has 9 heteroatoms. The van der Waals surface area contributed by atoms with E-state index in [0.29, 0.717) is 35.2 Å². The van der Waals surface area contributed by atoms with Crippen LogP contribution in [-0.2, 0) is 17.6 Å². The smallest absolute Gasteiger partial charge is 0.269 e. The Morgan fingerprint density at radius 1 is 1.06 bits per heavy atom. The van der Waals surface area contributed by atoms with Gasteiger partial charge in [0.1, 0.15) is 15.6 Å². The molecule has 0 unspecified atom stereocenters. The predicted molar refractivity (Wildman–Crippen MR) is 134 cm³/mol. The van der Waals surface area contributed by atoms with Gasteiger partial charge in [0, 0.05) is 35.0 Å². The Morgan fingerprint density at radius 3 is 2.85 bits per heavy atom. The van der Waals surface area contributed by atoms with Crippen LogP contribution in [0, 0.1) is 6.92 Å². The van der Waals surface area contributed by atoms with Crippen LogP contribution in [0.4, 0.5) is 10.8 Å². The second-order valence-corrected chi connectivity index (χ2v) is 10.1. The fourth-order valence-corrected chi connectivity index (χ4v) is 5.86. The van der Waals surface area contributed by atoms with E-state index in [1.54, 1.807) is 0 Å². The monoisotopic (exact) mass is 488 g/mol. The summed E-state index contributed by atoms with van der Waals surface area (Å²) in [5.41, 5.74) is 6.55. The molecule has 2 aliphatic rings. The van der Waals surface area contributed by atoms with Crippen LogP contribution in [-0.4, -0.2) is 28.4 Å². The van der Waals surface area contributed by atoms with Crippen molar-refractivity contribution in [2.75, 3.05) is 17.2 Å². The van der Waals surface area contributed by atoms with Crippen LogP contribution in [0.15, 0.2) is 41.8 Å². The summed E-state index contributed by atoms with van der Waals surface area (Å²) in [5, 5.41) is 9.07. The summed E-state index contributed by atoms with van der Waals surface area (Å²) < 4.78 is 5.67. The summed E-state index contributed by atoms with van der Waals surface area (Å²) in [6.45, 7) is 2.55. The first-order chi connectivity index (χ1) is 16.5. The Hall–Kier alpha value is -3.56. The Morgan fingerprint density at radius 2 is 1.94 bits per heavy atom. The molecule has 7 nitrogen and oxygen atoms in total. The van der Waals surface area contributed by atoms with E-state index in [2.05, 4.69) is 32.7 Å². The van der Waals surface area contributed by atoms with Gasteiger partial charge in [-0.2, -0.15) is 0 Å². The number of hydrogen-bond acceptors (Lipinski definition) is 7. The van der Waals surface area contributed by atoms with E-state index in [9.17, 15) is 9.59 Å². The Bertz CT molecular complexity index is 1460. The first kappa shape index (κ1) is 21.0. The standard InChI is InChI=1S/C25H20N4O3S2/c1-13-22(34-24(26-13)17-3-2-14-8-9-32-20(14)11-17)23(31)29-25-28-19(12-33-25)16-4-6-18-15(10-16)5-7-21(30)27-18/h2-4,6,10-12H,5,7-9H2,1H3,(H,27,30)(H,28,29,31). The number of fused-ring (bicyclic) bond motifs is 2. The number of hydrogen-bond donors (Lipinski definition) is 2. The number of rotatable bonds is 4. The van der Waals surface area contributed by atoms with Gasteiger partial charge in [-0.3, -0.25) is 14.9 Å². The lowest BCUT2D eigenvalue weighted by atomic mass is 9.99. The summed E-state index contributed by atoms with van der Waals surface area (Å²) in [5.74, 6) is 0.730. The van der Waals surface area contributed by atoms with Gasteiger partial charge in [-0.1, -0.05) is 18.2 Å². The average molecular weight is 489 g/mol. The van der Waals surface area contributed by atoms with E-state index >= 15 is 0 Å². The zero-order chi connectivity index (χ0) is 23.2. The number of carbonyl (C=O) groups excluding carboxylic acids is 2. The maximum atomic E-state index is 13.0. The minimum absolute atomic E-state index is 0.0462. The van der Waals surface area contributed by atoms with E-state index in [1.165, 1.54) is 28.2 Å². The van der Waals surface area contributed by atoms with Crippen molar-refractivity contribution in [3.63, 3.8) is 0 Å². The predicted octanol–water partition coefficient (Wildman–Crippen LogP) is 5.31. The van der Waals surface area contributed by atoms with Gasteiger partial charge in [-0.25, -0.2) is 9.97 Å². The molecule has 4 aromatic rings. The molecule has 0 atom stereocenters. The van der Waals surface area contributed by atoms with Crippen LogP contribution < -0.4 is 15.4 Å². The fourth-order valence-electron chi connectivity index (χ4n) is 4.19. The van der Waals surface area contributed by atoms with Crippen LogP contribution in [0.1, 0.15) is 32.9 Å². The molecule has 0 spiro atoms. The number of aromatic nitrogens is 2. The van der Waals surface area contributed by atoms with Crippen molar-refractivity contribution >= 4 is 45.3 Å². The molecule has 0 bridgehead atoms. The number of nitrogens with zero attached hydrogens (tertiary/aromatic N) is 2. The first-order valence-electron chi connectivity index (χ1n) is 11.0. The summed E-state index contributed by atoms with van der Waals surface area (Å²) in [6, 6.07) is 12.0. The van der Waals surface area contributed by atoms with E-state index in [1.807, 2.05) is 36.6 Å². The highest BCUT2D eigenvalue weighted by molar-refractivity contribution is 7.17. The van der Waals surface area contributed by atoms with E-state index in [4.69, 9.17) is 4.74 Å². The van der Waals surface area contributed by atoms with Crippen molar-refractivity contribution in [3.8, 4) is 27.6 Å². The SMILES string of the molecule is Cc1nc(-c2ccc3c(c2)OCC3)sc1C(=O)Nc1nc(-c2ccc3c(c2)CCC(=O)N3)cs1. The number of thiazole rings is 2. The second-order valence-electron chi connectivity index (χ2n) is 8.27. The molecule has 0 radical (unpaired) electrons. The van der Waals surface area contributed by atoms with Crippen molar-refractivity contribution in [2.24, 2.45) is 0 Å². The Labute approximate surface area is 203 Å². The number of carbonyl (C=O) groups is 2. The normalized spacial score (nSPS) is 14.2. The molecule has 0 aliphatic carbocycles. The first-order valence-corrected chi connectivity index (χ1v) is 12.7. The largest absolute Gasteiger partial charge is 0.493 e. The van der Waals surface area contributed by atoms with Gasteiger partial charge < -0.3 is 10.1 Å². The number of anilines is 2. The maximum Gasteiger partial charge on any atom is 0.269 e. The molecule has 4 heterocycles. The topological polar surface area (TPSA) is 93.2 Å². The number of aryl methyl sites for hydroxylation is 2. The lowest BCUT2D eigenvalue weighted by Gasteiger charge is -2.17. The quantitative estimate of drug-likeness (QED) is 0.406. The maximum absolute atomic E-state index is 13.0. The molecule has 34 heavy (non-hydrogen) atoms. The van der Waals surface area contributed by atoms with E-state index < -0.39 is 0 Å². The molecule has 2 N–H and O–H groups in total. The molecule has 2 aromatic carbocycles. The highest BCUT2D eigenvalue weighted by Gasteiger charge is 2.20. The molecular formula is C25H20N4O3S2. The summed E-state index contributed by atoms with van der Waals surface area (Å²) >= 11 is 2.75. The van der Waals surface area contributed by atoms with Crippen LogP contribution in [0.2, 0.25) is 0 Å². The lowest BCUT2D eigenvalue weighted by Crippen LogP contribution is -2.18. The fraction of sp³-hybridized carbons (Fsp3) is 0.200. The van der Waals surface area contributed by atoms with Gasteiger partial charge in [0.25, 0.3) is 5.91 Å². The summed E-state index contributed by atoms with van der Waals surface area (Å²) in [4.78, 5) is 34.4. The minimum Gasteiger partial charge on any atom is -0.493 e. The molecule has 2 aliphatic heterocycles. The Kier molecular flexibility index (Phi) is 5.15. The van der Waals surface area contributed by atoms with Gasteiger partial charge >= 0.3 is 0 Å². The number of benzene rings is 2. The number of nitrogens with one attached hydrogen (secondary N) is 2. The van der Waals surface area contributed by atoms with E-state index in [0.717, 1.165) is 45.2 Å². The average Bonchev–Trinajstić information content (AvgIpc) is 3.58. The minimum atomic E-state index is -0.215. The van der Waals surface area contributed by atoms with Gasteiger partial charge in [0.2, 0.25) is 5.91 Å². The zero-order valence-corrected chi connectivity index (χ0v) is 19.9. The van der Waals surface area contributed by atoms with Gasteiger partial charge in [-0.15, -0.1) is 22.7 Å². The molecule has 2 aromatic heterocycles. The molecule has 0 fully saturated rings. The highest BCUT2D eigenvalue weighted by Crippen LogP contribution is 2.35. The van der Waals surface area contributed by atoms with Gasteiger partial charge in [-0.05, 0) is 42.7 Å².